The molecule has 8 rings (SSSR count). The summed E-state index contributed by atoms with van der Waals surface area (Å²) in [5.74, 6) is -3.69. The van der Waals surface area contributed by atoms with Crippen molar-refractivity contribution in [1.82, 2.24) is 16.0 Å². The van der Waals surface area contributed by atoms with E-state index in [0.29, 0.717) is 18.2 Å². The fourth-order valence-corrected chi connectivity index (χ4v) is 9.52. The standard InChI is InChI=1S/C23H26N2O5.C17H25NO3.C16H14O2.C8H16N2O3.C7H9NO.CH2O3.2Na.H/c1-13(2)20(21(26)24-14(3)22(27)28)25-23(29)30-12-19-17-10-6-4-8-15(17)16-9-5-7-11-18(16)19;1-11(2)13(4)16(20)9-12(3)17(21)18-15-7-5-14(10-19)6-8-15;1-11(17)18-10-16-14-8-4-2-6-12(14)13-7-3-5-9-15(13)16;1-4(2)6(9)7(11)10-5(3)8(12)13;8-7-3-1-6(5-9)2-4-7;2-1-4-3;;;/h4-11,13-14,19-20H,12H2,1-3H3,(H,24,26)(H,25,29)(H,27,28);5-8,11-13,19H,9-10H2,1-4H3,(H,18,21);2-9,16H,10H2,1H3;4-6H,9H2,1-3H3,(H,10,11)(H,12,13);1-4,9H,5,8H2;1,3H;;;/q;;;;;;2*+1;-1/p-1/t14-,20-;12-,13+;;5-,6-;;;;;/m01.0...../s1. The molecule has 0 fully saturated rings. The Labute approximate surface area is 613 Å². The molecule has 0 aliphatic heterocycles. The summed E-state index contributed by atoms with van der Waals surface area (Å²) < 4.78 is 10.7. The zero-order valence-electron chi connectivity index (χ0n) is 58.6. The first-order valence-corrected chi connectivity index (χ1v) is 31.0. The summed E-state index contributed by atoms with van der Waals surface area (Å²) in [6, 6.07) is 43.3. The van der Waals surface area contributed by atoms with Crippen molar-refractivity contribution in [3.8, 4) is 22.3 Å². The number of alkyl carbamates (subject to hydrolysis) is 1. The summed E-state index contributed by atoms with van der Waals surface area (Å²) in [5.41, 5.74) is 23.5. The third-order valence-electron chi connectivity index (χ3n) is 15.5. The summed E-state index contributed by atoms with van der Waals surface area (Å²) in [6.45, 7) is 19.5. The third kappa shape index (κ3) is 28.7. The van der Waals surface area contributed by atoms with Crippen LogP contribution in [0.25, 0.3) is 22.3 Å². The molecule has 0 heterocycles. The third-order valence-corrected chi connectivity index (χ3v) is 15.5. The molecule has 6 aromatic rings. The molecule has 0 unspecified atom stereocenters. The maximum absolute atomic E-state index is 12.4. The maximum atomic E-state index is 12.4. The van der Waals surface area contributed by atoms with Crippen LogP contribution < -0.4 is 97.1 Å². The molecule has 2 aliphatic rings. The molecule has 4 amide bonds. The first kappa shape index (κ1) is 87.2. The molecule has 0 saturated heterocycles. The van der Waals surface area contributed by atoms with Gasteiger partial charge in [-0.1, -0.05) is 177 Å². The first-order chi connectivity index (χ1) is 45.0. The average molecular weight is 1360 g/mol. The predicted molar refractivity (Wildman–Crippen MR) is 359 cm³/mol. The smallest absolute Gasteiger partial charge is 1.00 e. The summed E-state index contributed by atoms with van der Waals surface area (Å²) >= 11 is 0. The number of rotatable bonds is 22. The number of carbonyl (C=O) groups excluding carboxylic acids is 7. The van der Waals surface area contributed by atoms with Gasteiger partial charge >= 0.3 is 83.1 Å². The molecule has 2 aliphatic carbocycles. The Balaban J connectivity index is 0.00000123. The van der Waals surface area contributed by atoms with Crippen LogP contribution >= 0.6 is 0 Å². The second-order valence-electron chi connectivity index (χ2n) is 23.7. The Kier molecular flexibility index (Phi) is 40.4. The number of carboxylic acids is 2. The number of ether oxygens (including phenoxy) is 2. The molecule has 12 N–H and O–H groups in total. The summed E-state index contributed by atoms with van der Waals surface area (Å²) in [6.07, 6.45) is -0.450. The zero-order valence-corrected chi connectivity index (χ0v) is 61.6. The Morgan fingerprint density at radius 1 is 0.536 bits per heavy atom. The van der Waals surface area contributed by atoms with Gasteiger partial charge in [-0.05, 0) is 112 Å². The number of nitrogens with two attached hydrogens (primary N) is 2. The molecule has 0 radical (unpaired) electrons. The number of nitrogen functional groups attached to an aromatic ring is 1. The number of anilines is 2. The van der Waals surface area contributed by atoms with E-state index in [1.54, 1.807) is 83.1 Å². The number of aliphatic hydroxyl groups excluding tert-OH is 2. The Bertz CT molecular complexity index is 3400. The van der Waals surface area contributed by atoms with Crippen LogP contribution in [0.15, 0.2) is 146 Å². The van der Waals surface area contributed by atoms with Gasteiger partial charge in [-0.25, -0.2) is 4.79 Å². The van der Waals surface area contributed by atoms with Gasteiger partial charge in [0.25, 0.3) is 6.47 Å². The van der Waals surface area contributed by atoms with Crippen LogP contribution in [0.5, 0.6) is 0 Å². The van der Waals surface area contributed by atoms with Crippen LogP contribution in [0.1, 0.15) is 129 Å². The van der Waals surface area contributed by atoms with Gasteiger partial charge < -0.3 is 74.2 Å². The summed E-state index contributed by atoms with van der Waals surface area (Å²) in [5, 5.41) is 53.5. The van der Waals surface area contributed by atoms with Crippen molar-refractivity contribution in [2.24, 2.45) is 35.3 Å². The van der Waals surface area contributed by atoms with Gasteiger partial charge in [0.15, 0.2) is 0 Å². The van der Waals surface area contributed by atoms with Gasteiger partial charge in [0.2, 0.25) is 17.7 Å². The van der Waals surface area contributed by atoms with Crippen molar-refractivity contribution in [3.05, 3.63) is 179 Å². The normalized spacial score (nSPS) is 13.0. The van der Waals surface area contributed by atoms with E-state index in [1.807, 2.05) is 81.4 Å². The number of fused-ring (bicyclic) bond motifs is 6. The molecule has 6 atom stereocenters. The fourth-order valence-electron chi connectivity index (χ4n) is 9.52. The molecular formula is C72H92N6Na2O17. The van der Waals surface area contributed by atoms with Crippen molar-refractivity contribution in [1.29, 1.82) is 0 Å². The van der Waals surface area contributed by atoms with Crippen LogP contribution in [-0.4, -0.2) is 112 Å². The van der Waals surface area contributed by atoms with E-state index in [-0.39, 0.29) is 146 Å². The first-order valence-electron chi connectivity index (χ1n) is 31.0. The quantitative estimate of drug-likeness (QED) is 0.0116. The van der Waals surface area contributed by atoms with Crippen molar-refractivity contribution in [2.45, 2.75) is 132 Å². The minimum Gasteiger partial charge on any atom is -1.00 e. The molecule has 0 aromatic heterocycles. The van der Waals surface area contributed by atoms with Crippen molar-refractivity contribution in [3.63, 3.8) is 0 Å². The van der Waals surface area contributed by atoms with Crippen molar-refractivity contribution in [2.75, 3.05) is 24.3 Å². The SMILES string of the molecule is CC(=O)OCC1c2ccccc2-c2ccccc21.CC(C)[C@H](C)C(=O)C[C@@H](C)C(=O)Nc1ccc(CO)cc1.CC(C)[C@H](N)C(=O)N[C@@H](C)C(=O)O.CC(C)[C@H](NC(=O)OCC1c2ccccc2-c2ccccc21)C(=O)N[C@@H](C)C(=O)O.Nc1ccc(CO)cc1.O=CO[O-].[H-].[Na+].[Na+]. The number of nitrogens with one attached hydrogen (secondary N) is 4. The van der Waals surface area contributed by atoms with E-state index in [0.717, 1.165) is 39.1 Å². The number of hydrogen-bond donors (Lipinski definition) is 10. The monoisotopic (exact) mass is 1360 g/mol. The number of hydrogen-bond acceptors (Lipinski definition) is 17. The van der Waals surface area contributed by atoms with Crippen LogP contribution in [-0.2, 0) is 65.9 Å². The van der Waals surface area contributed by atoms with E-state index in [1.165, 1.54) is 43.0 Å². The summed E-state index contributed by atoms with van der Waals surface area (Å²) in [4.78, 5) is 104. The second-order valence-corrected chi connectivity index (χ2v) is 23.7. The molecule has 97 heavy (non-hydrogen) atoms. The van der Waals surface area contributed by atoms with Crippen LogP contribution in [0.2, 0.25) is 0 Å². The molecule has 0 bridgehead atoms. The van der Waals surface area contributed by atoms with Gasteiger partial charge in [0.1, 0.15) is 37.1 Å². The Morgan fingerprint density at radius 3 is 1.25 bits per heavy atom. The number of amides is 4. The van der Waals surface area contributed by atoms with Gasteiger partial charge in [0, 0.05) is 48.4 Å². The minimum atomic E-state index is -1.15. The van der Waals surface area contributed by atoms with E-state index < -0.39 is 54.0 Å². The van der Waals surface area contributed by atoms with Crippen LogP contribution in [0.4, 0.5) is 16.2 Å². The van der Waals surface area contributed by atoms with Gasteiger partial charge in [0.05, 0.1) is 19.3 Å². The Morgan fingerprint density at radius 2 is 0.907 bits per heavy atom. The van der Waals surface area contributed by atoms with Gasteiger partial charge in [-0.15, -0.1) is 0 Å². The maximum Gasteiger partial charge on any atom is 1.00 e. The molecule has 23 nitrogen and oxygen atoms in total. The average Bonchev–Trinajstić information content (AvgIpc) is 1.63. The largest absolute Gasteiger partial charge is 1.00 e. The molecule has 0 spiro atoms. The van der Waals surface area contributed by atoms with Gasteiger partial charge in [-0.2, -0.15) is 0 Å². The minimum absolute atomic E-state index is 0. The number of ketones is 1. The van der Waals surface area contributed by atoms with Crippen molar-refractivity contribution >= 4 is 65.4 Å². The molecule has 6 aromatic carbocycles. The topological polar surface area (TPSA) is 385 Å². The Hall–Kier alpha value is -7.81. The van der Waals surface area contributed by atoms with Gasteiger partial charge in [-0.3, -0.25) is 38.4 Å². The molecular weight excluding hydrogens is 1270 g/mol. The number of carbonyl (C=O) groups is 9. The van der Waals surface area contributed by atoms with E-state index in [9.17, 15) is 38.4 Å². The molecule has 25 heteroatoms. The number of carboxylic acid groups (broad SMARTS) is 2. The zero-order chi connectivity index (χ0) is 71.1. The number of Topliss-reactive ketones (excluding diaryl/α,β-unsaturated/α-hetero) is 1. The van der Waals surface area contributed by atoms with Crippen LogP contribution in [0, 0.1) is 29.6 Å². The van der Waals surface area contributed by atoms with E-state index in [2.05, 4.69) is 62.6 Å². The number of benzene rings is 6. The molecule has 514 valence electrons. The second kappa shape index (κ2) is 44.9. The number of aliphatic hydroxyl groups is 2. The van der Waals surface area contributed by atoms with E-state index in [4.69, 9.17) is 51.4 Å². The molecule has 0 saturated carbocycles. The predicted octanol–water partition coefficient (Wildman–Crippen LogP) is 2.38. The van der Waals surface area contributed by atoms with Crippen LogP contribution in [0.3, 0.4) is 0 Å². The number of aliphatic carboxylic acids is 2. The fraction of sp³-hybridized carbons (Fsp3) is 0.375. The van der Waals surface area contributed by atoms with E-state index >= 15 is 0 Å². The summed E-state index contributed by atoms with van der Waals surface area (Å²) in [7, 11) is 0. The number of esters is 1. The van der Waals surface area contributed by atoms with Crippen molar-refractivity contribution < 1.29 is 144 Å².